The Bertz CT molecular complexity index is 62.2. The van der Waals surface area contributed by atoms with Crippen LogP contribution in [-0.2, 0) is 26.9 Å². The van der Waals surface area contributed by atoms with Crippen molar-refractivity contribution in [2.45, 2.75) is 0 Å². The number of halogens is 1. The fourth-order valence-electron chi connectivity index (χ4n) is 0. The predicted octanol–water partition coefficient (Wildman–Crippen LogP) is -6.20. The Hall–Kier alpha value is 1.86. The molecule has 0 atom stereocenters. The molecule has 0 unspecified atom stereocenters. The summed E-state index contributed by atoms with van der Waals surface area (Å²) in [6, 6.07) is 0. The van der Waals surface area contributed by atoms with Crippen molar-refractivity contribution in [2.24, 2.45) is 0 Å². The van der Waals surface area contributed by atoms with Gasteiger partial charge in [-0.05, 0) is 0 Å². The number of hydrogen-bond donors (Lipinski definition) is 0. The molecule has 0 aliphatic heterocycles. The van der Waals surface area contributed by atoms with Gasteiger partial charge in [-0.1, -0.05) is 0 Å². The summed E-state index contributed by atoms with van der Waals surface area (Å²) in [5, 5.41) is 0. The quantitative estimate of drug-likeness (QED) is 0.329. The normalized spacial score (nSPS) is 7.38. The van der Waals surface area contributed by atoms with Crippen LogP contribution in [0.3, 0.4) is 0 Å². The molecule has 0 aliphatic carbocycles. The van der Waals surface area contributed by atoms with Gasteiger partial charge < -0.3 is 36.2 Å². The molecule has 0 heterocycles. The van der Waals surface area contributed by atoms with Crippen LogP contribution in [0.25, 0.3) is 0 Å². The molecule has 0 amide bonds. The minimum Gasteiger partial charge on any atom is -1.00 e. The Morgan fingerprint density at radius 2 is 1.12 bits per heavy atom. The molecule has 0 fully saturated rings. The van der Waals surface area contributed by atoms with Gasteiger partial charge in [-0.25, -0.2) is 0 Å². The van der Waals surface area contributed by atoms with Crippen LogP contribution in [0.2, 0.25) is 0 Å². The van der Waals surface area contributed by atoms with Crippen LogP contribution in [0.1, 0.15) is 0 Å². The van der Waals surface area contributed by atoms with Crippen LogP contribution < -0.4 is 31.7 Å². The van der Waals surface area contributed by atoms with Crippen molar-refractivity contribution >= 4 is 25.2 Å². The monoisotopic (exact) mass is 308 g/mol. The average Bonchev–Trinajstić information content (AvgIpc) is 0.722. The zero-order chi connectivity index (χ0) is 4.50. The van der Waals surface area contributed by atoms with E-state index in [0.717, 1.165) is 0 Å². The average molecular weight is 310 g/mol. The molecule has 0 bridgehead atoms. The van der Waals surface area contributed by atoms with Gasteiger partial charge in [0.15, 0.2) is 0 Å². The van der Waals surface area contributed by atoms with E-state index in [9.17, 15) is 0 Å². The van der Waals surface area contributed by atoms with Crippen LogP contribution >= 0.6 is 7.82 Å². The van der Waals surface area contributed by atoms with E-state index in [1.807, 2.05) is 0 Å². The Kier molecular flexibility index (Phi) is 25.0. The maximum atomic E-state index is 8.55. The molecule has 4 nitrogen and oxygen atoms in total. The van der Waals surface area contributed by atoms with Gasteiger partial charge in [0.05, 0.1) is 0 Å². The maximum Gasteiger partial charge on any atom is 3.00 e. The third kappa shape index (κ3) is 107. The molecule has 0 aromatic rings. The molecule has 0 saturated heterocycles. The summed E-state index contributed by atoms with van der Waals surface area (Å²) < 4.78 is 8.55. The van der Waals surface area contributed by atoms with E-state index in [1.54, 1.807) is 0 Å². The topological polar surface area (TPSA) is 86.2 Å². The van der Waals surface area contributed by atoms with Crippen LogP contribution in [0, 0.1) is 0 Å². The Morgan fingerprint density at radius 3 is 1.12 bits per heavy atom. The molecule has 50 valence electrons. The second-order valence-electron chi connectivity index (χ2n) is 0.447. The van der Waals surface area contributed by atoms with Gasteiger partial charge in [0.2, 0.25) is 0 Å². The van der Waals surface area contributed by atoms with E-state index in [-0.39, 0.29) is 56.7 Å². The third-order valence-corrected chi connectivity index (χ3v) is 0. The molecule has 0 radical (unpaired) electrons. The molecule has 8 heavy (non-hydrogen) atoms. The molecule has 0 aliphatic rings. The van der Waals surface area contributed by atoms with Gasteiger partial charge in [-0.2, -0.15) is 7.82 Å². The van der Waals surface area contributed by atoms with E-state index < -0.39 is 7.82 Å². The van der Waals surface area contributed by atoms with E-state index in [4.69, 9.17) is 19.2 Å². The minimum absolute atomic E-state index is 0. The molecule has 8 heteroatoms. The largest absolute Gasteiger partial charge is 3.00 e. The molecule has 0 saturated carbocycles. The standard InChI is InChI=1S/Ag.Al.BrH.H3O4P/c;;;1-5(2,3)4/h;;1H;(H3,1,2,3,4)/q+1;+3;;/p-4. The summed E-state index contributed by atoms with van der Waals surface area (Å²) >= 11 is 0. The van der Waals surface area contributed by atoms with Crippen LogP contribution in [-0.4, -0.2) is 17.4 Å². The first-order chi connectivity index (χ1) is 2.00. The Balaban J connectivity index is -0.0000000267. The van der Waals surface area contributed by atoms with Crippen molar-refractivity contribution in [1.82, 2.24) is 0 Å². The number of phosphoric acid groups is 1. The fourth-order valence-corrected chi connectivity index (χ4v) is 0. The van der Waals surface area contributed by atoms with Crippen molar-refractivity contribution in [2.75, 3.05) is 0 Å². The summed E-state index contributed by atoms with van der Waals surface area (Å²) in [4.78, 5) is 25.6. The first kappa shape index (κ1) is 22.5. The molecule has 0 aromatic heterocycles. The van der Waals surface area contributed by atoms with Gasteiger partial charge in [-0.3, -0.25) is 0 Å². The molecule has 0 N–H and O–H groups in total. The maximum absolute atomic E-state index is 8.55. The fraction of sp³-hybridized carbons (Fsp3) is 0. The number of rotatable bonds is 0. The van der Waals surface area contributed by atoms with E-state index in [2.05, 4.69) is 0 Å². The van der Waals surface area contributed by atoms with E-state index in [0.29, 0.717) is 0 Å². The van der Waals surface area contributed by atoms with E-state index >= 15 is 0 Å². The third-order valence-electron chi connectivity index (χ3n) is 0. The van der Waals surface area contributed by atoms with Gasteiger partial charge in [-0.15, -0.1) is 0 Å². The molecule has 0 rings (SSSR count). The SMILES string of the molecule is O=P([O-])([O-])[O-].[Ag+].[Al+3].[Br-]. The van der Waals surface area contributed by atoms with Gasteiger partial charge in [0, 0.05) is 0 Å². The smallest absolute Gasteiger partial charge is 1.00 e. The Labute approximate surface area is 83.3 Å². The number of hydrogen-bond acceptors (Lipinski definition) is 4. The Morgan fingerprint density at radius 1 is 1.12 bits per heavy atom. The summed E-state index contributed by atoms with van der Waals surface area (Å²) in [6.07, 6.45) is 0. The van der Waals surface area contributed by atoms with Crippen molar-refractivity contribution in [1.29, 1.82) is 0 Å². The van der Waals surface area contributed by atoms with Crippen molar-refractivity contribution in [3.05, 3.63) is 0 Å². The van der Waals surface area contributed by atoms with Crippen LogP contribution in [0.5, 0.6) is 0 Å². The molecular formula is AgAlBrO4P. The second-order valence-corrected chi connectivity index (χ2v) is 1.34. The van der Waals surface area contributed by atoms with Crippen molar-refractivity contribution < 1.29 is 58.6 Å². The van der Waals surface area contributed by atoms with Gasteiger partial charge >= 0.3 is 39.7 Å². The summed E-state index contributed by atoms with van der Waals surface area (Å²) in [6.45, 7) is 0. The van der Waals surface area contributed by atoms with Crippen LogP contribution in [0.15, 0.2) is 0 Å². The zero-order valence-corrected chi connectivity index (χ0v) is 8.45. The van der Waals surface area contributed by atoms with E-state index in [1.165, 1.54) is 0 Å². The van der Waals surface area contributed by atoms with Crippen molar-refractivity contribution in [3.8, 4) is 0 Å². The minimum atomic E-state index is -5.39. The first-order valence-electron chi connectivity index (χ1n) is 0.730. The van der Waals surface area contributed by atoms with Crippen molar-refractivity contribution in [3.63, 3.8) is 0 Å². The molecule has 0 spiro atoms. The molecule has 0 aromatic carbocycles. The summed E-state index contributed by atoms with van der Waals surface area (Å²) in [5.74, 6) is 0. The summed E-state index contributed by atoms with van der Waals surface area (Å²) in [5.41, 5.74) is 0. The van der Waals surface area contributed by atoms with Gasteiger partial charge in [0.1, 0.15) is 0 Å². The van der Waals surface area contributed by atoms with Gasteiger partial charge in [0.25, 0.3) is 0 Å². The van der Waals surface area contributed by atoms with Crippen LogP contribution in [0.4, 0.5) is 0 Å². The predicted molar refractivity (Wildman–Crippen MR) is 13.4 cm³/mol. The summed E-state index contributed by atoms with van der Waals surface area (Å²) in [7, 11) is -5.39. The second kappa shape index (κ2) is 8.86. The first-order valence-corrected chi connectivity index (χ1v) is 2.19. The molecular weight excluding hydrogens is 310 g/mol. The zero-order valence-electron chi connectivity index (χ0n) is 3.34.